The van der Waals surface area contributed by atoms with Crippen molar-refractivity contribution in [3.63, 3.8) is 0 Å². The molecular formula is C21H19N3O4S. The van der Waals surface area contributed by atoms with Gasteiger partial charge in [0.05, 0.1) is 22.5 Å². The van der Waals surface area contributed by atoms with Crippen LogP contribution < -0.4 is 11.1 Å². The zero-order valence-corrected chi connectivity index (χ0v) is 16.4. The number of hydrogen-bond acceptors (Lipinski definition) is 7. The van der Waals surface area contributed by atoms with Gasteiger partial charge in [-0.3, -0.25) is 10.1 Å². The van der Waals surface area contributed by atoms with Crippen LogP contribution in [0.2, 0.25) is 0 Å². The van der Waals surface area contributed by atoms with E-state index in [1.807, 2.05) is 24.3 Å². The van der Waals surface area contributed by atoms with Crippen LogP contribution in [0.15, 0.2) is 76.5 Å². The lowest BCUT2D eigenvalue weighted by Crippen LogP contribution is -2.08. The molecule has 7 nitrogen and oxygen atoms in total. The van der Waals surface area contributed by atoms with Gasteiger partial charge in [-0.05, 0) is 35.9 Å². The third kappa shape index (κ3) is 4.85. The average Bonchev–Trinajstić information content (AvgIpc) is 2.74. The quantitative estimate of drug-likeness (QED) is 0.251. The van der Waals surface area contributed by atoms with E-state index in [0.717, 1.165) is 4.90 Å². The number of ether oxygens (including phenoxy) is 1. The number of rotatable bonds is 7. The Hall–Kier alpha value is -3.52. The monoisotopic (exact) mass is 409 g/mol. The number of nitrogens with one attached hydrogen (secondary N) is 1. The number of nitro groups is 1. The highest BCUT2D eigenvalue weighted by Crippen LogP contribution is 2.37. The number of anilines is 2. The molecular weight excluding hydrogens is 390 g/mol. The second-order valence-corrected chi connectivity index (χ2v) is 7.17. The van der Waals surface area contributed by atoms with Crippen LogP contribution in [0.1, 0.15) is 15.9 Å². The number of nitrogens with zero attached hydrogens (tertiary/aromatic N) is 1. The fourth-order valence-electron chi connectivity index (χ4n) is 2.72. The Labute approximate surface area is 172 Å². The standard InChI is InChI=1S/C21H19N3O4S/c1-28-21(25)15-6-2-4-8-17(15)23-13-14-10-11-20(18(12-14)24(26)27)29-19-9-5-3-7-16(19)22/h2-12,23H,13,22H2,1H3. The number of benzene rings is 3. The van der Waals surface area contributed by atoms with Gasteiger partial charge in [-0.25, -0.2) is 4.79 Å². The average molecular weight is 409 g/mol. The summed E-state index contributed by atoms with van der Waals surface area (Å²) in [4.78, 5) is 24.3. The highest BCUT2D eigenvalue weighted by molar-refractivity contribution is 7.99. The zero-order chi connectivity index (χ0) is 20.8. The predicted octanol–water partition coefficient (Wildman–Crippen LogP) is 4.73. The highest BCUT2D eigenvalue weighted by atomic mass is 32.2. The number of carbonyl (C=O) groups is 1. The van der Waals surface area contributed by atoms with Gasteiger partial charge in [0, 0.05) is 28.9 Å². The summed E-state index contributed by atoms with van der Waals surface area (Å²) in [6, 6.07) is 19.2. The molecule has 0 saturated carbocycles. The van der Waals surface area contributed by atoms with Crippen molar-refractivity contribution in [2.24, 2.45) is 0 Å². The number of nitrogens with two attached hydrogens (primary N) is 1. The maximum absolute atomic E-state index is 11.9. The second kappa shape index (κ2) is 9.11. The first-order valence-corrected chi connectivity index (χ1v) is 9.52. The Morgan fingerprint density at radius 3 is 2.55 bits per heavy atom. The largest absolute Gasteiger partial charge is 0.465 e. The Morgan fingerprint density at radius 1 is 1.10 bits per heavy atom. The molecule has 0 unspecified atom stereocenters. The summed E-state index contributed by atoms with van der Waals surface area (Å²) in [5, 5.41) is 14.7. The van der Waals surface area contributed by atoms with E-state index in [4.69, 9.17) is 10.5 Å². The van der Waals surface area contributed by atoms with Crippen molar-refractivity contribution >= 4 is 34.8 Å². The third-order valence-corrected chi connectivity index (χ3v) is 5.33. The predicted molar refractivity (Wildman–Crippen MR) is 113 cm³/mol. The van der Waals surface area contributed by atoms with Crippen LogP contribution >= 0.6 is 11.8 Å². The molecule has 0 spiro atoms. The minimum absolute atomic E-state index is 0.00111. The minimum atomic E-state index is -0.453. The van der Waals surface area contributed by atoms with Gasteiger partial charge in [0.2, 0.25) is 0 Å². The molecule has 148 valence electrons. The summed E-state index contributed by atoms with van der Waals surface area (Å²) in [5.41, 5.74) is 8.22. The van der Waals surface area contributed by atoms with E-state index < -0.39 is 10.9 Å². The zero-order valence-electron chi connectivity index (χ0n) is 15.6. The van der Waals surface area contributed by atoms with Crippen LogP contribution in [-0.2, 0) is 11.3 Å². The van der Waals surface area contributed by atoms with Gasteiger partial charge in [-0.1, -0.05) is 42.1 Å². The normalized spacial score (nSPS) is 10.4. The molecule has 0 aliphatic carbocycles. The summed E-state index contributed by atoms with van der Waals surface area (Å²) >= 11 is 1.25. The fraction of sp³-hybridized carbons (Fsp3) is 0.0952. The van der Waals surface area contributed by atoms with Gasteiger partial charge in [-0.15, -0.1) is 0 Å². The van der Waals surface area contributed by atoms with E-state index in [1.165, 1.54) is 24.9 Å². The number of hydrogen-bond donors (Lipinski definition) is 2. The van der Waals surface area contributed by atoms with Crippen molar-refractivity contribution in [2.75, 3.05) is 18.2 Å². The lowest BCUT2D eigenvalue weighted by atomic mass is 10.1. The van der Waals surface area contributed by atoms with Crippen molar-refractivity contribution in [3.8, 4) is 0 Å². The smallest absolute Gasteiger partial charge is 0.339 e. The SMILES string of the molecule is COC(=O)c1ccccc1NCc1ccc(Sc2ccccc2N)c([N+](=O)[O-])c1. The molecule has 0 aliphatic heterocycles. The lowest BCUT2D eigenvalue weighted by molar-refractivity contribution is -0.387. The van der Waals surface area contributed by atoms with E-state index in [2.05, 4.69) is 5.32 Å². The number of methoxy groups -OCH3 is 1. The molecule has 0 heterocycles. The van der Waals surface area contributed by atoms with Crippen molar-refractivity contribution in [3.05, 3.63) is 88.0 Å². The molecule has 3 rings (SSSR count). The van der Waals surface area contributed by atoms with E-state index in [-0.39, 0.29) is 5.69 Å². The molecule has 0 fully saturated rings. The summed E-state index contributed by atoms with van der Waals surface area (Å²) in [5.74, 6) is -0.453. The van der Waals surface area contributed by atoms with Crippen LogP contribution in [0.4, 0.5) is 17.1 Å². The van der Waals surface area contributed by atoms with E-state index in [1.54, 1.807) is 36.4 Å². The van der Waals surface area contributed by atoms with Gasteiger partial charge in [0.25, 0.3) is 5.69 Å². The van der Waals surface area contributed by atoms with Crippen molar-refractivity contribution in [2.45, 2.75) is 16.3 Å². The first-order chi connectivity index (χ1) is 14.0. The topological polar surface area (TPSA) is 107 Å². The Morgan fingerprint density at radius 2 is 1.83 bits per heavy atom. The molecule has 3 aromatic carbocycles. The molecule has 0 aliphatic rings. The number of esters is 1. The maximum atomic E-state index is 11.9. The molecule has 0 aromatic heterocycles. The van der Waals surface area contributed by atoms with Gasteiger partial charge >= 0.3 is 5.97 Å². The van der Waals surface area contributed by atoms with Crippen molar-refractivity contribution in [1.82, 2.24) is 0 Å². The molecule has 8 heteroatoms. The van der Waals surface area contributed by atoms with Crippen molar-refractivity contribution < 1.29 is 14.5 Å². The number of nitrogen functional groups attached to an aromatic ring is 1. The van der Waals surface area contributed by atoms with Crippen LogP contribution in [0.5, 0.6) is 0 Å². The van der Waals surface area contributed by atoms with Gasteiger partial charge < -0.3 is 15.8 Å². The molecule has 3 aromatic rings. The third-order valence-electron chi connectivity index (χ3n) is 4.17. The van der Waals surface area contributed by atoms with Crippen LogP contribution in [0.3, 0.4) is 0 Å². The summed E-state index contributed by atoms with van der Waals surface area (Å²) < 4.78 is 4.78. The maximum Gasteiger partial charge on any atom is 0.339 e. The molecule has 0 bridgehead atoms. The molecule has 0 saturated heterocycles. The summed E-state index contributed by atoms with van der Waals surface area (Å²) in [6.45, 7) is 0.313. The minimum Gasteiger partial charge on any atom is -0.465 e. The highest BCUT2D eigenvalue weighted by Gasteiger charge is 2.17. The summed E-state index contributed by atoms with van der Waals surface area (Å²) in [7, 11) is 1.32. The van der Waals surface area contributed by atoms with Gasteiger partial charge in [0.15, 0.2) is 0 Å². The van der Waals surface area contributed by atoms with E-state index in [9.17, 15) is 14.9 Å². The van der Waals surface area contributed by atoms with Crippen molar-refractivity contribution in [1.29, 1.82) is 0 Å². The number of nitro benzene ring substituents is 1. The van der Waals surface area contributed by atoms with Crippen LogP contribution in [0.25, 0.3) is 0 Å². The Kier molecular flexibility index (Phi) is 6.36. The van der Waals surface area contributed by atoms with Crippen LogP contribution in [0, 0.1) is 10.1 Å². The first-order valence-electron chi connectivity index (χ1n) is 8.70. The first kappa shape index (κ1) is 20.2. The van der Waals surface area contributed by atoms with Crippen LogP contribution in [-0.4, -0.2) is 18.0 Å². The van der Waals surface area contributed by atoms with E-state index in [0.29, 0.717) is 33.9 Å². The molecule has 0 amide bonds. The second-order valence-electron chi connectivity index (χ2n) is 6.09. The van der Waals surface area contributed by atoms with Gasteiger partial charge in [0.1, 0.15) is 0 Å². The number of para-hydroxylation sites is 2. The molecule has 0 atom stereocenters. The molecule has 29 heavy (non-hydrogen) atoms. The molecule has 0 radical (unpaired) electrons. The number of carbonyl (C=O) groups excluding carboxylic acids is 1. The lowest BCUT2D eigenvalue weighted by Gasteiger charge is -2.11. The fourth-order valence-corrected chi connectivity index (χ4v) is 3.66. The van der Waals surface area contributed by atoms with Gasteiger partial charge in [-0.2, -0.15) is 0 Å². The Bertz CT molecular complexity index is 1060. The molecule has 3 N–H and O–H groups in total. The Balaban J connectivity index is 1.82. The summed E-state index contributed by atoms with van der Waals surface area (Å²) in [6.07, 6.45) is 0. The van der Waals surface area contributed by atoms with E-state index >= 15 is 0 Å².